The molecule has 0 aliphatic heterocycles. The second-order valence-electron chi connectivity index (χ2n) is 3.99. The standard InChI is InChI=1S/C15H12N2O/c16-17-15-12-8-4-5-9-14(12)18-10-13(15)11-6-2-1-3-7-11/h1-10H,16H2. The largest absolute Gasteiger partial charge is 0.464 e. The molecule has 1 aromatic heterocycles. The van der Waals surface area contributed by atoms with Crippen molar-refractivity contribution in [3.63, 3.8) is 0 Å². The van der Waals surface area contributed by atoms with Crippen LogP contribution in [-0.2, 0) is 0 Å². The van der Waals surface area contributed by atoms with Gasteiger partial charge in [-0.1, -0.05) is 42.5 Å². The molecule has 0 radical (unpaired) electrons. The molecule has 0 fully saturated rings. The van der Waals surface area contributed by atoms with E-state index in [-0.39, 0.29) is 0 Å². The van der Waals surface area contributed by atoms with E-state index in [0.29, 0.717) is 0 Å². The van der Waals surface area contributed by atoms with Crippen LogP contribution in [0, 0.1) is 0 Å². The van der Waals surface area contributed by atoms with Crippen LogP contribution < -0.4 is 11.2 Å². The monoisotopic (exact) mass is 236 g/mol. The maximum Gasteiger partial charge on any atom is 0.136 e. The van der Waals surface area contributed by atoms with Crippen molar-refractivity contribution in [2.75, 3.05) is 0 Å². The Morgan fingerprint density at radius 2 is 1.61 bits per heavy atom. The Bertz CT molecular complexity index is 745. The van der Waals surface area contributed by atoms with Crippen LogP contribution in [0.2, 0.25) is 0 Å². The number of nitrogens with two attached hydrogens (primary N) is 1. The maximum absolute atomic E-state index is 5.62. The summed E-state index contributed by atoms with van der Waals surface area (Å²) in [5, 5.41) is 5.59. The van der Waals surface area contributed by atoms with Crippen molar-refractivity contribution in [3.05, 3.63) is 66.2 Å². The highest BCUT2D eigenvalue weighted by Gasteiger charge is 2.06. The summed E-state index contributed by atoms with van der Waals surface area (Å²) >= 11 is 0. The van der Waals surface area contributed by atoms with Gasteiger partial charge in [-0.15, -0.1) is 0 Å². The predicted molar refractivity (Wildman–Crippen MR) is 71.4 cm³/mol. The van der Waals surface area contributed by atoms with Crippen LogP contribution in [0.4, 0.5) is 0 Å². The molecule has 3 aromatic rings. The SMILES string of the molecule is NN=c1c(-c2ccccc2)coc2ccccc12. The molecule has 0 spiro atoms. The number of para-hydroxylation sites is 1. The molecule has 0 aliphatic rings. The fraction of sp³-hybridized carbons (Fsp3) is 0. The summed E-state index contributed by atoms with van der Waals surface area (Å²) in [6.07, 6.45) is 1.70. The highest BCUT2D eigenvalue weighted by atomic mass is 16.3. The van der Waals surface area contributed by atoms with Crippen molar-refractivity contribution in [2.24, 2.45) is 10.9 Å². The minimum absolute atomic E-state index is 0.753. The molecule has 2 aromatic carbocycles. The summed E-state index contributed by atoms with van der Waals surface area (Å²) in [6, 6.07) is 17.7. The van der Waals surface area contributed by atoms with Crippen LogP contribution in [0.3, 0.4) is 0 Å². The molecule has 88 valence electrons. The van der Waals surface area contributed by atoms with Crippen molar-refractivity contribution >= 4 is 11.0 Å². The molecule has 0 bridgehead atoms. The first-order valence-electron chi connectivity index (χ1n) is 5.70. The van der Waals surface area contributed by atoms with Crippen molar-refractivity contribution < 1.29 is 4.42 Å². The summed E-state index contributed by atoms with van der Waals surface area (Å²) in [5.74, 6) is 5.54. The zero-order valence-electron chi connectivity index (χ0n) is 9.71. The van der Waals surface area contributed by atoms with Gasteiger partial charge in [-0.3, -0.25) is 0 Å². The minimum atomic E-state index is 0.753. The molecular weight excluding hydrogens is 224 g/mol. The molecule has 3 heteroatoms. The van der Waals surface area contributed by atoms with Gasteiger partial charge in [0, 0.05) is 10.9 Å². The number of nitrogens with zero attached hydrogens (tertiary/aromatic N) is 1. The van der Waals surface area contributed by atoms with Crippen molar-refractivity contribution in [1.29, 1.82) is 0 Å². The molecule has 0 atom stereocenters. The Morgan fingerprint density at radius 1 is 0.889 bits per heavy atom. The van der Waals surface area contributed by atoms with E-state index in [0.717, 1.165) is 27.5 Å². The van der Waals surface area contributed by atoms with Gasteiger partial charge in [-0.25, -0.2) is 0 Å². The third kappa shape index (κ3) is 1.66. The van der Waals surface area contributed by atoms with Gasteiger partial charge in [-0.2, -0.15) is 5.10 Å². The van der Waals surface area contributed by atoms with E-state index in [9.17, 15) is 0 Å². The number of hydrogen-bond donors (Lipinski definition) is 1. The Hall–Kier alpha value is -2.55. The van der Waals surface area contributed by atoms with E-state index in [4.69, 9.17) is 10.3 Å². The third-order valence-electron chi connectivity index (χ3n) is 2.91. The molecule has 0 unspecified atom stereocenters. The third-order valence-corrected chi connectivity index (χ3v) is 2.91. The minimum Gasteiger partial charge on any atom is -0.464 e. The second-order valence-corrected chi connectivity index (χ2v) is 3.99. The Balaban J connectivity index is 2.39. The van der Waals surface area contributed by atoms with Gasteiger partial charge in [0.1, 0.15) is 17.2 Å². The lowest BCUT2D eigenvalue weighted by Crippen LogP contribution is -2.10. The van der Waals surface area contributed by atoms with Crippen LogP contribution in [0.5, 0.6) is 0 Å². The predicted octanol–water partition coefficient (Wildman–Crippen LogP) is 2.87. The van der Waals surface area contributed by atoms with Gasteiger partial charge in [0.2, 0.25) is 0 Å². The van der Waals surface area contributed by atoms with Crippen LogP contribution in [0.15, 0.2) is 70.4 Å². The zero-order valence-corrected chi connectivity index (χ0v) is 9.71. The molecule has 18 heavy (non-hydrogen) atoms. The van der Waals surface area contributed by atoms with Gasteiger partial charge >= 0.3 is 0 Å². The number of hydrogen-bond acceptors (Lipinski definition) is 3. The van der Waals surface area contributed by atoms with E-state index < -0.39 is 0 Å². The van der Waals surface area contributed by atoms with Crippen molar-refractivity contribution in [1.82, 2.24) is 0 Å². The average molecular weight is 236 g/mol. The van der Waals surface area contributed by atoms with E-state index in [1.165, 1.54) is 0 Å². The highest BCUT2D eigenvalue weighted by Crippen LogP contribution is 2.19. The Kier molecular flexibility index (Phi) is 2.57. The summed E-state index contributed by atoms with van der Waals surface area (Å²) < 4.78 is 5.62. The molecule has 1 heterocycles. The Labute approximate surface area is 104 Å². The number of benzene rings is 2. The molecule has 3 nitrogen and oxygen atoms in total. The van der Waals surface area contributed by atoms with Crippen LogP contribution >= 0.6 is 0 Å². The normalized spacial score (nSPS) is 11.9. The zero-order chi connectivity index (χ0) is 12.4. The molecule has 0 amide bonds. The summed E-state index contributed by atoms with van der Waals surface area (Å²) in [5.41, 5.74) is 2.72. The van der Waals surface area contributed by atoms with Crippen LogP contribution in [-0.4, -0.2) is 0 Å². The quantitative estimate of drug-likeness (QED) is 0.521. The van der Waals surface area contributed by atoms with Crippen LogP contribution in [0.25, 0.3) is 22.1 Å². The lowest BCUT2D eigenvalue weighted by Gasteiger charge is -2.04. The number of fused-ring (bicyclic) bond motifs is 1. The summed E-state index contributed by atoms with van der Waals surface area (Å²) in [6.45, 7) is 0. The molecular formula is C15H12N2O. The molecule has 3 rings (SSSR count). The first-order chi connectivity index (χ1) is 8.90. The maximum atomic E-state index is 5.62. The fourth-order valence-electron chi connectivity index (χ4n) is 2.05. The van der Waals surface area contributed by atoms with Crippen molar-refractivity contribution in [3.8, 4) is 11.1 Å². The fourth-order valence-corrected chi connectivity index (χ4v) is 2.05. The highest BCUT2D eigenvalue weighted by molar-refractivity contribution is 5.81. The van der Waals surface area contributed by atoms with Gasteiger partial charge in [0.25, 0.3) is 0 Å². The smallest absolute Gasteiger partial charge is 0.136 e. The first kappa shape index (κ1) is 10.6. The van der Waals surface area contributed by atoms with E-state index in [1.54, 1.807) is 6.26 Å². The van der Waals surface area contributed by atoms with Gasteiger partial charge in [0.05, 0.1) is 0 Å². The number of rotatable bonds is 1. The van der Waals surface area contributed by atoms with Gasteiger partial charge in [0.15, 0.2) is 0 Å². The van der Waals surface area contributed by atoms with Crippen LogP contribution in [0.1, 0.15) is 0 Å². The molecule has 0 saturated carbocycles. The summed E-state index contributed by atoms with van der Waals surface area (Å²) in [4.78, 5) is 0. The molecule has 0 saturated heterocycles. The van der Waals surface area contributed by atoms with E-state index in [2.05, 4.69) is 5.10 Å². The Morgan fingerprint density at radius 3 is 2.39 bits per heavy atom. The molecule has 0 aliphatic carbocycles. The summed E-state index contributed by atoms with van der Waals surface area (Å²) in [7, 11) is 0. The van der Waals surface area contributed by atoms with E-state index >= 15 is 0 Å². The first-order valence-corrected chi connectivity index (χ1v) is 5.70. The van der Waals surface area contributed by atoms with Gasteiger partial charge in [-0.05, 0) is 17.7 Å². The topological polar surface area (TPSA) is 51.5 Å². The van der Waals surface area contributed by atoms with E-state index in [1.807, 2.05) is 54.6 Å². The lowest BCUT2D eigenvalue weighted by molar-refractivity contribution is 0.604. The second kappa shape index (κ2) is 4.37. The average Bonchev–Trinajstić information content (AvgIpc) is 2.47. The molecule has 2 N–H and O–H groups in total. The van der Waals surface area contributed by atoms with Gasteiger partial charge < -0.3 is 10.3 Å². The lowest BCUT2D eigenvalue weighted by atomic mass is 10.1. The van der Waals surface area contributed by atoms with Crippen molar-refractivity contribution in [2.45, 2.75) is 0 Å².